The van der Waals surface area contributed by atoms with Crippen molar-refractivity contribution in [2.45, 2.75) is 18.9 Å². The van der Waals surface area contributed by atoms with Gasteiger partial charge in [0.15, 0.2) is 0 Å². The number of benzene rings is 1. The van der Waals surface area contributed by atoms with Gasteiger partial charge in [0.1, 0.15) is 5.60 Å². The topological polar surface area (TPSA) is 46.2 Å². The molecule has 1 aliphatic carbocycles. The number of fused-ring (bicyclic) bond motifs is 1. The molecule has 2 heteroatoms. The van der Waals surface area contributed by atoms with Gasteiger partial charge in [0.25, 0.3) is 0 Å². The molecule has 3 N–H and O–H groups in total. The Kier molecular flexibility index (Phi) is 1.90. The zero-order valence-electron chi connectivity index (χ0n) is 7.83. The van der Waals surface area contributed by atoms with Gasteiger partial charge in [0.2, 0.25) is 0 Å². The van der Waals surface area contributed by atoms with Crippen LogP contribution in [0.4, 0.5) is 0 Å². The Morgan fingerprint density at radius 1 is 1.54 bits per heavy atom. The molecule has 1 aromatic rings. The molecule has 1 aliphatic rings. The maximum absolute atomic E-state index is 10.3. The first-order chi connectivity index (χ1) is 6.18. The van der Waals surface area contributed by atoms with Gasteiger partial charge in [0.05, 0.1) is 0 Å². The molecule has 2 rings (SSSR count). The highest BCUT2D eigenvalue weighted by molar-refractivity contribution is 5.38. The lowest BCUT2D eigenvalue weighted by molar-refractivity contribution is 0.00498. The van der Waals surface area contributed by atoms with Gasteiger partial charge in [-0.15, -0.1) is 0 Å². The fraction of sp³-hybridized carbons (Fsp3) is 0.455. The molecule has 0 fully saturated rings. The van der Waals surface area contributed by atoms with E-state index in [1.165, 1.54) is 5.56 Å². The Bertz CT molecular complexity index is 324. The lowest BCUT2D eigenvalue weighted by Crippen LogP contribution is -2.38. The van der Waals surface area contributed by atoms with Crippen molar-refractivity contribution in [1.29, 1.82) is 0 Å². The predicted octanol–water partition coefficient (Wildman–Crippen LogP) is 1.03. The molecule has 0 aliphatic heterocycles. The highest BCUT2D eigenvalue weighted by Gasteiger charge is 2.41. The third-order valence-electron chi connectivity index (χ3n) is 3.14. The summed E-state index contributed by atoms with van der Waals surface area (Å²) in [6, 6.07) is 8.01. The van der Waals surface area contributed by atoms with Crippen LogP contribution in [0.3, 0.4) is 0 Å². The Morgan fingerprint density at radius 2 is 2.23 bits per heavy atom. The van der Waals surface area contributed by atoms with Crippen molar-refractivity contribution in [1.82, 2.24) is 0 Å². The monoisotopic (exact) mass is 177 g/mol. The molecule has 1 aromatic carbocycles. The van der Waals surface area contributed by atoms with E-state index >= 15 is 0 Å². The van der Waals surface area contributed by atoms with Crippen LogP contribution in [-0.2, 0) is 12.0 Å². The van der Waals surface area contributed by atoms with Crippen LogP contribution in [0, 0.1) is 5.92 Å². The SMILES string of the molecule is CC1Cc2ccccc2C1(O)CN. The molecule has 0 saturated heterocycles. The Balaban J connectivity index is 2.52. The Hall–Kier alpha value is -0.860. The lowest BCUT2D eigenvalue weighted by Gasteiger charge is -2.27. The van der Waals surface area contributed by atoms with Crippen molar-refractivity contribution >= 4 is 0 Å². The van der Waals surface area contributed by atoms with Gasteiger partial charge < -0.3 is 10.8 Å². The van der Waals surface area contributed by atoms with Crippen LogP contribution in [0.2, 0.25) is 0 Å². The highest BCUT2D eigenvalue weighted by Crippen LogP contribution is 2.40. The molecule has 2 nitrogen and oxygen atoms in total. The molecule has 70 valence electrons. The molecule has 13 heavy (non-hydrogen) atoms. The van der Waals surface area contributed by atoms with E-state index in [2.05, 4.69) is 6.07 Å². The van der Waals surface area contributed by atoms with Crippen LogP contribution in [0.25, 0.3) is 0 Å². The minimum absolute atomic E-state index is 0.231. The second-order valence-electron chi connectivity index (χ2n) is 3.89. The van der Waals surface area contributed by atoms with Crippen molar-refractivity contribution in [3.05, 3.63) is 35.4 Å². The van der Waals surface area contributed by atoms with E-state index in [-0.39, 0.29) is 5.92 Å². The molecule has 0 saturated carbocycles. The molecular weight excluding hydrogens is 162 g/mol. The van der Waals surface area contributed by atoms with Gasteiger partial charge in [-0.3, -0.25) is 0 Å². The quantitative estimate of drug-likeness (QED) is 0.673. The average Bonchev–Trinajstić information content (AvgIpc) is 2.41. The van der Waals surface area contributed by atoms with Crippen molar-refractivity contribution in [3.63, 3.8) is 0 Å². The molecule has 0 aromatic heterocycles. The minimum Gasteiger partial charge on any atom is -0.384 e. The first-order valence-corrected chi connectivity index (χ1v) is 4.69. The maximum Gasteiger partial charge on any atom is 0.105 e. The summed E-state index contributed by atoms with van der Waals surface area (Å²) >= 11 is 0. The molecule has 0 radical (unpaired) electrons. The Morgan fingerprint density at radius 3 is 2.92 bits per heavy atom. The second kappa shape index (κ2) is 2.82. The number of nitrogens with two attached hydrogens (primary N) is 1. The van der Waals surface area contributed by atoms with Crippen LogP contribution in [-0.4, -0.2) is 11.7 Å². The van der Waals surface area contributed by atoms with E-state index in [4.69, 9.17) is 5.73 Å². The number of rotatable bonds is 1. The summed E-state index contributed by atoms with van der Waals surface area (Å²) in [5, 5.41) is 10.3. The van der Waals surface area contributed by atoms with E-state index in [1.807, 2.05) is 25.1 Å². The fourth-order valence-corrected chi connectivity index (χ4v) is 2.20. The van der Waals surface area contributed by atoms with Gasteiger partial charge in [-0.25, -0.2) is 0 Å². The van der Waals surface area contributed by atoms with Crippen molar-refractivity contribution < 1.29 is 5.11 Å². The summed E-state index contributed by atoms with van der Waals surface area (Å²) in [6.45, 7) is 2.36. The summed E-state index contributed by atoms with van der Waals surface area (Å²) < 4.78 is 0. The van der Waals surface area contributed by atoms with Gasteiger partial charge in [-0.1, -0.05) is 31.2 Å². The predicted molar refractivity (Wildman–Crippen MR) is 52.3 cm³/mol. The van der Waals surface area contributed by atoms with Gasteiger partial charge in [-0.05, 0) is 23.5 Å². The van der Waals surface area contributed by atoms with Crippen molar-refractivity contribution in [2.75, 3.05) is 6.54 Å². The largest absolute Gasteiger partial charge is 0.384 e. The standard InChI is InChI=1S/C11H15NO/c1-8-6-9-4-2-3-5-10(9)11(8,13)7-12/h2-5,8,13H,6-7,12H2,1H3. The van der Waals surface area contributed by atoms with Crippen molar-refractivity contribution in [2.24, 2.45) is 11.7 Å². The first-order valence-electron chi connectivity index (χ1n) is 4.69. The zero-order chi connectivity index (χ0) is 9.47. The molecule has 0 amide bonds. The number of aliphatic hydroxyl groups is 1. The molecule has 0 spiro atoms. The second-order valence-corrected chi connectivity index (χ2v) is 3.89. The smallest absolute Gasteiger partial charge is 0.105 e. The summed E-state index contributed by atoms with van der Waals surface area (Å²) in [7, 11) is 0. The highest BCUT2D eigenvalue weighted by atomic mass is 16.3. The third kappa shape index (κ3) is 1.10. The zero-order valence-corrected chi connectivity index (χ0v) is 7.83. The van der Waals surface area contributed by atoms with Crippen molar-refractivity contribution in [3.8, 4) is 0 Å². The van der Waals surface area contributed by atoms with Crippen LogP contribution >= 0.6 is 0 Å². The summed E-state index contributed by atoms with van der Waals surface area (Å²) in [5.74, 6) is 0.231. The van der Waals surface area contributed by atoms with Crippen LogP contribution in [0.15, 0.2) is 24.3 Å². The molecular formula is C11H15NO. The van der Waals surface area contributed by atoms with Crippen LogP contribution in [0.5, 0.6) is 0 Å². The van der Waals surface area contributed by atoms with E-state index in [0.717, 1.165) is 12.0 Å². The van der Waals surface area contributed by atoms with Gasteiger partial charge in [0, 0.05) is 6.54 Å². The minimum atomic E-state index is -0.795. The van der Waals surface area contributed by atoms with Crippen LogP contribution < -0.4 is 5.73 Å². The molecule has 2 atom stereocenters. The molecule has 2 unspecified atom stereocenters. The first kappa shape index (κ1) is 8.73. The molecule has 0 bridgehead atoms. The summed E-state index contributed by atoms with van der Waals surface area (Å²) in [5.41, 5.74) is 7.09. The van der Waals surface area contributed by atoms with E-state index in [0.29, 0.717) is 6.54 Å². The van der Waals surface area contributed by atoms with E-state index in [9.17, 15) is 5.11 Å². The average molecular weight is 177 g/mol. The fourth-order valence-electron chi connectivity index (χ4n) is 2.20. The number of hydrogen-bond donors (Lipinski definition) is 2. The van der Waals surface area contributed by atoms with Gasteiger partial charge in [-0.2, -0.15) is 0 Å². The molecule has 0 heterocycles. The Labute approximate surface area is 78.4 Å². The summed E-state index contributed by atoms with van der Waals surface area (Å²) in [4.78, 5) is 0. The van der Waals surface area contributed by atoms with Gasteiger partial charge >= 0.3 is 0 Å². The number of hydrogen-bond acceptors (Lipinski definition) is 2. The van der Waals surface area contributed by atoms with E-state index in [1.54, 1.807) is 0 Å². The van der Waals surface area contributed by atoms with Crippen LogP contribution in [0.1, 0.15) is 18.1 Å². The third-order valence-corrected chi connectivity index (χ3v) is 3.14. The van der Waals surface area contributed by atoms with E-state index < -0.39 is 5.60 Å². The lowest BCUT2D eigenvalue weighted by atomic mass is 9.89. The maximum atomic E-state index is 10.3. The summed E-state index contributed by atoms with van der Waals surface area (Å²) in [6.07, 6.45) is 0.934. The normalized spacial score (nSPS) is 31.8.